The summed E-state index contributed by atoms with van der Waals surface area (Å²) in [6.07, 6.45) is -10.1. The molecule has 7 rings (SSSR count). The summed E-state index contributed by atoms with van der Waals surface area (Å²) in [4.78, 5) is 10.0. The van der Waals surface area contributed by atoms with E-state index in [-0.39, 0.29) is 53.5 Å². The lowest BCUT2D eigenvalue weighted by molar-refractivity contribution is -0.141. The summed E-state index contributed by atoms with van der Waals surface area (Å²) < 4.78 is 111. The van der Waals surface area contributed by atoms with Crippen LogP contribution in [0.1, 0.15) is 42.4 Å². The van der Waals surface area contributed by atoms with E-state index in [0.717, 1.165) is 25.0 Å². The van der Waals surface area contributed by atoms with Crippen molar-refractivity contribution in [2.24, 2.45) is 0 Å². The number of aliphatic hydroxyl groups is 1. The van der Waals surface area contributed by atoms with Crippen molar-refractivity contribution in [3.05, 3.63) is 40.7 Å². The van der Waals surface area contributed by atoms with Crippen molar-refractivity contribution in [1.82, 2.24) is 15.3 Å². The van der Waals surface area contributed by atoms with Gasteiger partial charge in [0.1, 0.15) is 28.8 Å². The van der Waals surface area contributed by atoms with Gasteiger partial charge in [-0.1, -0.05) is 6.07 Å². The molecule has 2 saturated heterocycles. The van der Waals surface area contributed by atoms with Gasteiger partial charge in [0.2, 0.25) is 0 Å². The van der Waals surface area contributed by atoms with Crippen LogP contribution in [-0.4, -0.2) is 52.5 Å². The average Bonchev–Trinajstić information content (AvgIpc) is 3.47. The van der Waals surface area contributed by atoms with E-state index in [1.807, 2.05) is 0 Å². The number of nitrogen functional groups attached to an aromatic ring is 1. The number of nitrogens with zero attached hydrogens (tertiary/aromatic N) is 4. The van der Waals surface area contributed by atoms with Gasteiger partial charge in [0.15, 0.2) is 0 Å². The molecule has 4 heterocycles. The van der Waals surface area contributed by atoms with Crippen LogP contribution in [0.3, 0.4) is 0 Å². The molecule has 1 saturated carbocycles. The quantitative estimate of drug-likeness (QED) is 0.230. The van der Waals surface area contributed by atoms with E-state index in [4.69, 9.17) is 10.5 Å². The Balaban J connectivity index is 1.59. The number of thiophene rings is 1. The van der Waals surface area contributed by atoms with Gasteiger partial charge in [-0.15, -0.1) is 11.3 Å². The number of aromatic nitrogens is 2. The number of nitrogens with two attached hydrogens (primary N) is 1. The minimum atomic E-state index is -5.41. The summed E-state index contributed by atoms with van der Waals surface area (Å²) in [5.41, 5.74) is -0.759. The summed E-state index contributed by atoms with van der Waals surface area (Å²) in [7, 11) is 0. The molecule has 2 bridgehead atoms. The maximum atomic E-state index is 15.2. The van der Waals surface area contributed by atoms with E-state index in [1.54, 1.807) is 11.0 Å². The molecule has 4 aromatic rings. The fourth-order valence-electron chi connectivity index (χ4n) is 6.57. The predicted octanol–water partition coefficient (Wildman–Crippen LogP) is 5.98. The Kier molecular flexibility index (Phi) is 6.81. The van der Waals surface area contributed by atoms with Crippen molar-refractivity contribution in [1.29, 1.82) is 5.26 Å². The fourth-order valence-corrected chi connectivity index (χ4v) is 7.51. The number of nitriles is 1. The topological polar surface area (TPSA) is 120 Å². The second-order valence-corrected chi connectivity index (χ2v) is 12.6. The molecule has 45 heavy (non-hydrogen) atoms. The van der Waals surface area contributed by atoms with Crippen LogP contribution in [0, 0.1) is 17.1 Å². The Morgan fingerprint density at radius 1 is 1.07 bits per heavy atom. The summed E-state index contributed by atoms with van der Waals surface area (Å²) in [6, 6.07) is 3.28. The zero-order valence-electron chi connectivity index (χ0n) is 23.1. The van der Waals surface area contributed by atoms with Crippen LogP contribution >= 0.6 is 11.3 Å². The number of hydrogen-bond acceptors (Lipinski definition) is 9. The van der Waals surface area contributed by atoms with E-state index in [1.165, 1.54) is 0 Å². The SMILES string of the molecule is N#Cc1c(N)sc2c(F)ccc(-c3c(C(F)(F)F)cc4c(N5CC6CCC(C5)N6)nc(OC5CC(O)C5)nc4c3C(F)(F)F)c12. The molecule has 3 fully saturated rings. The molecular formula is C29H23F7N6O2S. The van der Waals surface area contributed by atoms with Gasteiger partial charge >= 0.3 is 18.4 Å². The predicted molar refractivity (Wildman–Crippen MR) is 151 cm³/mol. The molecule has 8 nitrogen and oxygen atoms in total. The second kappa shape index (κ2) is 10.3. The smallest absolute Gasteiger partial charge is 0.419 e. The lowest BCUT2D eigenvalue weighted by Gasteiger charge is -2.35. The van der Waals surface area contributed by atoms with Gasteiger partial charge in [0, 0.05) is 54.4 Å². The molecule has 3 aliphatic rings. The van der Waals surface area contributed by atoms with E-state index in [2.05, 4.69) is 15.3 Å². The number of hydrogen-bond donors (Lipinski definition) is 3. The normalized spacial score (nSPS) is 23.4. The number of aliphatic hydroxyl groups excluding tert-OH is 1. The maximum absolute atomic E-state index is 15.2. The van der Waals surface area contributed by atoms with Gasteiger partial charge in [0.25, 0.3) is 0 Å². The zero-order valence-corrected chi connectivity index (χ0v) is 23.9. The van der Waals surface area contributed by atoms with Gasteiger partial charge < -0.3 is 25.8 Å². The highest BCUT2D eigenvalue weighted by Gasteiger charge is 2.46. The van der Waals surface area contributed by atoms with Crippen molar-refractivity contribution in [2.45, 2.75) is 62.3 Å². The average molecular weight is 653 g/mol. The van der Waals surface area contributed by atoms with E-state index in [0.29, 0.717) is 17.4 Å². The Morgan fingerprint density at radius 3 is 2.36 bits per heavy atom. The molecule has 4 N–H and O–H groups in total. The van der Waals surface area contributed by atoms with Crippen LogP contribution in [0.2, 0.25) is 0 Å². The summed E-state index contributed by atoms with van der Waals surface area (Å²) >= 11 is 0.554. The molecule has 16 heteroatoms. The molecular weight excluding hydrogens is 629 g/mol. The van der Waals surface area contributed by atoms with Gasteiger partial charge in [-0.2, -0.15) is 41.6 Å². The first-order chi connectivity index (χ1) is 21.2. The Morgan fingerprint density at radius 2 is 1.76 bits per heavy atom. The van der Waals surface area contributed by atoms with Crippen LogP contribution in [0.4, 0.5) is 41.6 Å². The largest absolute Gasteiger partial charge is 0.460 e. The summed E-state index contributed by atoms with van der Waals surface area (Å²) in [6.45, 7) is 0.569. The van der Waals surface area contributed by atoms with Crippen LogP contribution < -0.4 is 20.7 Å². The highest BCUT2D eigenvalue weighted by atomic mass is 32.1. The number of alkyl halides is 6. The van der Waals surface area contributed by atoms with Crippen molar-refractivity contribution in [2.75, 3.05) is 23.7 Å². The minimum Gasteiger partial charge on any atom is -0.460 e. The first-order valence-corrected chi connectivity index (χ1v) is 14.8. The van der Waals surface area contributed by atoms with Crippen LogP contribution in [0.15, 0.2) is 18.2 Å². The number of rotatable bonds is 4. The molecule has 2 aliphatic heterocycles. The number of benzene rings is 2. The lowest BCUT2D eigenvalue weighted by Crippen LogP contribution is -2.51. The monoisotopic (exact) mass is 652 g/mol. The molecule has 0 amide bonds. The van der Waals surface area contributed by atoms with E-state index < -0.39 is 80.5 Å². The van der Waals surface area contributed by atoms with Crippen molar-refractivity contribution >= 4 is 43.1 Å². The number of ether oxygens (including phenoxy) is 1. The maximum Gasteiger partial charge on any atom is 0.419 e. The van der Waals surface area contributed by atoms with Crippen molar-refractivity contribution < 1.29 is 40.6 Å². The fraction of sp³-hybridized carbons (Fsp3) is 0.414. The molecule has 2 unspecified atom stereocenters. The lowest BCUT2D eigenvalue weighted by atomic mass is 9.88. The van der Waals surface area contributed by atoms with Crippen LogP contribution in [0.5, 0.6) is 6.01 Å². The first kappa shape index (κ1) is 29.8. The van der Waals surface area contributed by atoms with Crippen LogP contribution in [0.25, 0.3) is 32.1 Å². The second-order valence-electron chi connectivity index (χ2n) is 11.6. The van der Waals surface area contributed by atoms with Crippen molar-refractivity contribution in [3.63, 3.8) is 0 Å². The molecule has 0 spiro atoms. The Bertz CT molecular complexity index is 1890. The molecule has 0 radical (unpaired) electrons. The molecule has 236 valence electrons. The summed E-state index contributed by atoms with van der Waals surface area (Å²) in [5.74, 6) is -1.09. The molecule has 1 aliphatic carbocycles. The highest BCUT2D eigenvalue weighted by molar-refractivity contribution is 7.23. The number of halogens is 7. The number of anilines is 2. The van der Waals surface area contributed by atoms with Gasteiger partial charge in [-0.3, -0.25) is 0 Å². The molecule has 2 atom stereocenters. The first-order valence-electron chi connectivity index (χ1n) is 14.0. The Hall–Kier alpha value is -3.94. The highest BCUT2D eigenvalue weighted by Crippen LogP contribution is 2.52. The molecule has 2 aromatic heterocycles. The third-order valence-corrected chi connectivity index (χ3v) is 9.62. The van der Waals surface area contributed by atoms with Gasteiger partial charge in [-0.05, 0) is 30.5 Å². The minimum absolute atomic E-state index is 0.0377. The zero-order chi connectivity index (χ0) is 32.0. The molecule has 2 aromatic carbocycles. The van der Waals surface area contributed by atoms with Crippen LogP contribution in [-0.2, 0) is 12.4 Å². The third-order valence-electron chi connectivity index (χ3n) is 8.60. The Labute approximate surface area is 254 Å². The number of nitrogens with one attached hydrogen (secondary N) is 1. The van der Waals surface area contributed by atoms with Gasteiger partial charge in [-0.25, -0.2) is 4.39 Å². The summed E-state index contributed by atoms with van der Waals surface area (Å²) in [5, 5.41) is 21.6. The number of fused-ring (bicyclic) bond motifs is 4. The van der Waals surface area contributed by atoms with E-state index >= 15 is 13.2 Å². The van der Waals surface area contributed by atoms with E-state index in [9.17, 15) is 27.9 Å². The standard InChI is InChI=1S/C29H23F7N6O2S/c30-19-4-3-15(20-17(8-37)25(38)45-24(19)20)21-18(28(31,32)33)7-16-23(22(21)29(34,35)36)40-27(44-14-5-13(43)6-14)41-26(16)42-9-11-1-2-12(10-42)39-11/h3-4,7,11-14,39,43H,1-2,5-6,9-10,38H2. The number of piperazine rings is 1. The van der Waals surface area contributed by atoms with Gasteiger partial charge in [0.05, 0.1) is 33.0 Å². The third kappa shape index (κ3) is 4.97. The van der Waals surface area contributed by atoms with Crippen molar-refractivity contribution in [3.8, 4) is 23.2 Å².